The maximum atomic E-state index is 12.8. The fourth-order valence-corrected chi connectivity index (χ4v) is 8.79. The SMILES string of the molecule is O=C1[C@@H]2[C@H]3C4C5[C@@H]2C=C[C@@H]5[C@@H]2C(=O)[C@@H]5C[C@@H]1[C@H]3[C@H]5[C@@H]42. The molecule has 0 aliphatic heterocycles. The predicted octanol–water partition coefficient (Wildman–Crippen LogP) is 1.56. The van der Waals surface area contributed by atoms with Crippen molar-refractivity contribution in [2.45, 2.75) is 6.42 Å². The molecular weight excluding hydrogens is 236 g/mol. The smallest absolute Gasteiger partial charge is 0.140 e. The van der Waals surface area contributed by atoms with Crippen molar-refractivity contribution >= 4 is 11.6 Å². The van der Waals surface area contributed by atoms with Gasteiger partial charge in [-0.15, -0.1) is 0 Å². The van der Waals surface area contributed by atoms with Crippen molar-refractivity contribution < 1.29 is 9.59 Å². The molecule has 7 aliphatic carbocycles. The van der Waals surface area contributed by atoms with Gasteiger partial charge in [0, 0.05) is 23.7 Å². The monoisotopic (exact) mass is 252 g/mol. The lowest BCUT2D eigenvalue weighted by atomic mass is 9.79. The average Bonchev–Trinajstić information content (AvgIpc) is 3.10. The maximum absolute atomic E-state index is 12.8. The average molecular weight is 252 g/mol. The van der Waals surface area contributed by atoms with Crippen molar-refractivity contribution in [2.24, 2.45) is 71.0 Å². The predicted molar refractivity (Wildman–Crippen MR) is 65.7 cm³/mol. The molecule has 2 unspecified atom stereocenters. The molecule has 7 rings (SSSR count). The molecule has 0 aromatic carbocycles. The van der Waals surface area contributed by atoms with Crippen LogP contribution in [0.1, 0.15) is 6.42 Å². The Morgan fingerprint density at radius 1 is 0.684 bits per heavy atom. The van der Waals surface area contributed by atoms with Crippen LogP contribution in [0.3, 0.4) is 0 Å². The Bertz CT molecular complexity index is 569. The van der Waals surface area contributed by atoms with E-state index in [2.05, 4.69) is 12.2 Å². The molecule has 96 valence electrons. The van der Waals surface area contributed by atoms with Crippen molar-refractivity contribution in [3.05, 3.63) is 12.2 Å². The van der Waals surface area contributed by atoms with Crippen LogP contribution in [0.2, 0.25) is 0 Å². The molecule has 12 atom stereocenters. The lowest BCUT2D eigenvalue weighted by Gasteiger charge is -2.23. The van der Waals surface area contributed by atoms with Crippen LogP contribution < -0.4 is 0 Å². The minimum atomic E-state index is 0.286. The Balaban J connectivity index is 1.61. The first-order valence-corrected chi connectivity index (χ1v) is 8.05. The second-order valence-electron chi connectivity index (χ2n) is 8.31. The number of carbonyl (C=O) groups is 2. The van der Waals surface area contributed by atoms with E-state index in [1.165, 1.54) is 0 Å². The van der Waals surface area contributed by atoms with E-state index in [4.69, 9.17) is 0 Å². The standard InChI is InChI=1S/C17H16O2/c18-16-6-3-7-10-9(6)14-11(16)4-1-2-5-8(4)13(14)15(10)12(5)17(7)19/h1-2,4-15H,3H2/t4-,5-,6+,7+,8?,9-,10-,11-,12-,13?,14-,15+/m0/s1. The number of hydrogen-bond acceptors (Lipinski definition) is 2. The maximum Gasteiger partial charge on any atom is 0.140 e. The molecule has 6 fully saturated rings. The van der Waals surface area contributed by atoms with Gasteiger partial charge in [-0.2, -0.15) is 0 Å². The zero-order valence-electron chi connectivity index (χ0n) is 10.6. The summed E-state index contributed by atoms with van der Waals surface area (Å²) in [6, 6.07) is 0. The molecule has 0 N–H and O–H groups in total. The zero-order valence-corrected chi connectivity index (χ0v) is 10.6. The van der Waals surface area contributed by atoms with Gasteiger partial charge in [-0.25, -0.2) is 0 Å². The minimum Gasteiger partial charge on any atom is -0.299 e. The van der Waals surface area contributed by atoms with Crippen LogP contribution in [0.25, 0.3) is 0 Å². The molecule has 0 radical (unpaired) electrons. The Labute approximate surface area is 111 Å². The third kappa shape index (κ3) is 0.606. The van der Waals surface area contributed by atoms with Gasteiger partial charge in [-0.3, -0.25) is 9.59 Å². The number of allylic oxidation sites excluding steroid dienone is 2. The van der Waals surface area contributed by atoms with Crippen molar-refractivity contribution in [3.8, 4) is 0 Å². The third-order valence-corrected chi connectivity index (χ3v) is 8.59. The van der Waals surface area contributed by atoms with Gasteiger partial charge in [0.15, 0.2) is 0 Å². The van der Waals surface area contributed by atoms with Gasteiger partial charge in [0.2, 0.25) is 0 Å². The van der Waals surface area contributed by atoms with Gasteiger partial charge in [0.05, 0.1) is 0 Å². The lowest BCUT2D eigenvalue weighted by Crippen LogP contribution is -2.29. The van der Waals surface area contributed by atoms with E-state index >= 15 is 0 Å². The van der Waals surface area contributed by atoms with E-state index in [0.29, 0.717) is 64.8 Å². The van der Waals surface area contributed by atoms with Crippen molar-refractivity contribution in [3.63, 3.8) is 0 Å². The summed E-state index contributed by atoms with van der Waals surface area (Å²) < 4.78 is 0. The summed E-state index contributed by atoms with van der Waals surface area (Å²) >= 11 is 0. The molecule has 0 aromatic heterocycles. The summed E-state index contributed by atoms with van der Waals surface area (Å²) in [5.74, 6) is 7.57. The fraction of sp³-hybridized carbons (Fsp3) is 0.765. The first-order valence-electron chi connectivity index (χ1n) is 8.05. The van der Waals surface area contributed by atoms with Crippen LogP contribution >= 0.6 is 0 Å². The second kappa shape index (κ2) is 2.27. The first kappa shape index (κ1) is 9.10. The summed E-state index contributed by atoms with van der Waals surface area (Å²) in [7, 11) is 0. The topological polar surface area (TPSA) is 34.1 Å². The van der Waals surface area contributed by atoms with Crippen LogP contribution in [0.15, 0.2) is 12.2 Å². The van der Waals surface area contributed by atoms with E-state index < -0.39 is 0 Å². The summed E-state index contributed by atoms with van der Waals surface area (Å²) in [5.41, 5.74) is 0. The Morgan fingerprint density at radius 3 is 1.74 bits per heavy atom. The van der Waals surface area contributed by atoms with Gasteiger partial charge >= 0.3 is 0 Å². The van der Waals surface area contributed by atoms with Crippen LogP contribution in [0, 0.1) is 71.0 Å². The summed E-state index contributed by atoms with van der Waals surface area (Å²) in [4.78, 5) is 25.6. The molecule has 0 saturated heterocycles. The van der Waals surface area contributed by atoms with Gasteiger partial charge < -0.3 is 0 Å². The molecule has 7 aliphatic rings. The van der Waals surface area contributed by atoms with Gasteiger partial charge in [0.25, 0.3) is 0 Å². The van der Waals surface area contributed by atoms with Crippen molar-refractivity contribution in [1.82, 2.24) is 0 Å². The zero-order chi connectivity index (χ0) is 12.2. The molecule has 0 heterocycles. The minimum absolute atomic E-state index is 0.286. The quantitative estimate of drug-likeness (QED) is 0.613. The Morgan fingerprint density at radius 2 is 1.21 bits per heavy atom. The Kier molecular flexibility index (Phi) is 1.09. The number of fused-ring (bicyclic) bond motifs is 2. The number of hydrogen-bond donors (Lipinski definition) is 0. The normalized spacial score (nSPS) is 75.2. The van der Waals surface area contributed by atoms with Crippen LogP contribution in [0.5, 0.6) is 0 Å². The number of rotatable bonds is 0. The first-order chi connectivity index (χ1) is 9.29. The van der Waals surface area contributed by atoms with E-state index in [1.807, 2.05) is 0 Å². The third-order valence-electron chi connectivity index (χ3n) is 8.59. The van der Waals surface area contributed by atoms with E-state index in [1.54, 1.807) is 0 Å². The van der Waals surface area contributed by atoms with Crippen LogP contribution in [0.4, 0.5) is 0 Å². The number of Topliss-reactive ketones (excluding diaryl/α,β-unsaturated/α-hetero) is 2. The summed E-state index contributed by atoms with van der Waals surface area (Å²) in [6.07, 6.45) is 5.61. The Hall–Kier alpha value is -0.920. The van der Waals surface area contributed by atoms with Crippen molar-refractivity contribution in [2.75, 3.05) is 0 Å². The van der Waals surface area contributed by atoms with Gasteiger partial charge in [-0.05, 0) is 53.8 Å². The largest absolute Gasteiger partial charge is 0.299 e. The van der Waals surface area contributed by atoms with Gasteiger partial charge in [0.1, 0.15) is 11.6 Å². The molecule has 0 aromatic rings. The second-order valence-corrected chi connectivity index (χ2v) is 8.31. The van der Waals surface area contributed by atoms with E-state index in [0.717, 1.165) is 12.3 Å². The summed E-state index contributed by atoms with van der Waals surface area (Å²) in [5, 5.41) is 0. The highest BCUT2D eigenvalue weighted by molar-refractivity contribution is 5.95. The van der Waals surface area contributed by atoms with Crippen molar-refractivity contribution in [1.29, 1.82) is 0 Å². The molecule has 2 heteroatoms. The number of ketones is 2. The van der Waals surface area contributed by atoms with Crippen LogP contribution in [-0.4, -0.2) is 11.6 Å². The molecule has 6 saturated carbocycles. The highest BCUT2D eigenvalue weighted by Gasteiger charge is 2.82. The molecule has 0 amide bonds. The molecule has 2 nitrogen and oxygen atoms in total. The molecule has 19 heavy (non-hydrogen) atoms. The van der Waals surface area contributed by atoms with E-state index in [-0.39, 0.29) is 11.8 Å². The molecular formula is C17H16O2. The van der Waals surface area contributed by atoms with Gasteiger partial charge in [-0.1, -0.05) is 12.2 Å². The highest BCUT2D eigenvalue weighted by Crippen LogP contribution is 2.82. The highest BCUT2D eigenvalue weighted by atomic mass is 16.1. The summed E-state index contributed by atoms with van der Waals surface area (Å²) in [6.45, 7) is 0. The van der Waals surface area contributed by atoms with Crippen LogP contribution in [-0.2, 0) is 9.59 Å². The van der Waals surface area contributed by atoms with E-state index in [9.17, 15) is 9.59 Å². The lowest BCUT2D eigenvalue weighted by molar-refractivity contribution is -0.128. The number of carbonyl (C=O) groups excluding carboxylic acids is 2. The fourth-order valence-electron chi connectivity index (χ4n) is 8.79. The molecule has 0 bridgehead atoms. The molecule has 0 spiro atoms.